The molecule has 0 unspecified atom stereocenters. The van der Waals surface area contributed by atoms with Gasteiger partial charge < -0.3 is 9.84 Å². The van der Waals surface area contributed by atoms with E-state index in [1.54, 1.807) is 0 Å². The van der Waals surface area contributed by atoms with E-state index in [0.717, 1.165) is 19.4 Å². The highest BCUT2D eigenvalue weighted by molar-refractivity contribution is 4.43. The minimum Gasteiger partial charge on any atom is -0.394 e. The zero-order valence-electron chi connectivity index (χ0n) is 6.26. The number of aliphatic hydroxyl groups excluding tert-OH is 1. The van der Waals surface area contributed by atoms with E-state index in [9.17, 15) is 0 Å². The van der Waals surface area contributed by atoms with Crippen molar-refractivity contribution in [3.63, 3.8) is 0 Å². The molecule has 0 aliphatic heterocycles. The Labute approximate surface area is 56.8 Å². The maximum absolute atomic E-state index is 8.51. The largest absolute Gasteiger partial charge is 0.394 e. The van der Waals surface area contributed by atoms with Crippen LogP contribution in [0.2, 0.25) is 0 Å². The highest BCUT2D eigenvalue weighted by atomic mass is 16.5. The van der Waals surface area contributed by atoms with Crippen LogP contribution in [0.25, 0.3) is 0 Å². The Kier molecular flexibility index (Phi) is 5.99. The smallest absolute Gasteiger partial charge is 0.0777 e. The first-order valence-electron chi connectivity index (χ1n) is 3.53. The number of rotatable bonds is 5. The lowest BCUT2D eigenvalue weighted by Gasteiger charge is -2.07. The summed E-state index contributed by atoms with van der Waals surface area (Å²) in [6, 6.07) is 0. The SMILES string of the molecule is CCCCO[C@@H](C)CO. The van der Waals surface area contributed by atoms with E-state index >= 15 is 0 Å². The average Bonchev–Trinajstić information content (AvgIpc) is 1.89. The van der Waals surface area contributed by atoms with Crippen LogP contribution in [0.4, 0.5) is 0 Å². The van der Waals surface area contributed by atoms with Gasteiger partial charge in [-0.1, -0.05) is 13.3 Å². The van der Waals surface area contributed by atoms with Gasteiger partial charge in [0.15, 0.2) is 0 Å². The van der Waals surface area contributed by atoms with Gasteiger partial charge in [0, 0.05) is 6.61 Å². The Morgan fingerprint density at radius 3 is 2.67 bits per heavy atom. The standard InChI is InChI=1S/C7H16O2/c1-3-4-5-9-7(2)6-8/h7-8H,3-6H2,1-2H3/t7-/m0/s1. The Hall–Kier alpha value is -0.0800. The van der Waals surface area contributed by atoms with Gasteiger partial charge in [-0.2, -0.15) is 0 Å². The molecule has 9 heavy (non-hydrogen) atoms. The summed E-state index contributed by atoms with van der Waals surface area (Å²) in [6.45, 7) is 4.89. The first-order valence-corrected chi connectivity index (χ1v) is 3.53. The molecule has 2 heteroatoms. The fourth-order valence-corrected chi connectivity index (χ4v) is 0.482. The lowest BCUT2D eigenvalue weighted by molar-refractivity contribution is 0.0237. The fourth-order valence-electron chi connectivity index (χ4n) is 0.482. The molecule has 2 nitrogen and oxygen atoms in total. The molecule has 0 saturated heterocycles. The molecule has 0 spiro atoms. The summed E-state index contributed by atoms with van der Waals surface area (Å²) in [5, 5.41) is 8.51. The Morgan fingerprint density at radius 2 is 2.22 bits per heavy atom. The highest BCUT2D eigenvalue weighted by Crippen LogP contribution is 1.92. The van der Waals surface area contributed by atoms with Crippen molar-refractivity contribution in [2.24, 2.45) is 0 Å². The molecule has 1 N–H and O–H groups in total. The van der Waals surface area contributed by atoms with E-state index in [0.29, 0.717) is 0 Å². The number of hydrogen-bond acceptors (Lipinski definition) is 2. The number of hydrogen-bond donors (Lipinski definition) is 1. The molecule has 0 aromatic carbocycles. The predicted octanol–water partition coefficient (Wildman–Crippen LogP) is 1.18. The topological polar surface area (TPSA) is 29.5 Å². The number of unbranched alkanes of at least 4 members (excludes halogenated alkanes) is 1. The zero-order chi connectivity index (χ0) is 7.11. The maximum Gasteiger partial charge on any atom is 0.0777 e. The van der Waals surface area contributed by atoms with Crippen LogP contribution in [0, 0.1) is 0 Å². The van der Waals surface area contributed by atoms with E-state index in [1.165, 1.54) is 0 Å². The van der Waals surface area contributed by atoms with Crippen LogP contribution in [0.5, 0.6) is 0 Å². The van der Waals surface area contributed by atoms with E-state index in [2.05, 4.69) is 6.92 Å². The lowest BCUT2D eigenvalue weighted by Crippen LogP contribution is -2.13. The second kappa shape index (κ2) is 6.05. The van der Waals surface area contributed by atoms with Crippen LogP contribution in [0.15, 0.2) is 0 Å². The highest BCUT2D eigenvalue weighted by Gasteiger charge is 1.96. The van der Waals surface area contributed by atoms with Gasteiger partial charge in [0.05, 0.1) is 12.7 Å². The van der Waals surface area contributed by atoms with Crippen LogP contribution in [-0.2, 0) is 4.74 Å². The van der Waals surface area contributed by atoms with Crippen molar-refractivity contribution in [3.8, 4) is 0 Å². The van der Waals surface area contributed by atoms with Crippen molar-refractivity contribution in [3.05, 3.63) is 0 Å². The van der Waals surface area contributed by atoms with Gasteiger partial charge >= 0.3 is 0 Å². The van der Waals surface area contributed by atoms with Crippen molar-refractivity contribution in [2.45, 2.75) is 32.8 Å². The molecule has 0 saturated carbocycles. The van der Waals surface area contributed by atoms with Crippen molar-refractivity contribution in [1.82, 2.24) is 0 Å². The molecule has 56 valence electrons. The lowest BCUT2D eigenvalue weighted by atomic mass is 10.3. The molecule has 0 bridgehead atoms. The van der Waals surface area contributed by atoms with Crippen molar-refractivity contribution in [1.29, 1.82) is 0 Å². The molecule has 1 atom stereocenters. The van der Waals surface area contributed by atoms with Crippen LogP contribution >= 0.6 is 0 Å². The minimum absolute atomic E-state index is 0.0107. The van der Waals surface area contributed by atoms with Gasteiger partial charge in [-0.15, -0.1) is 0 Å². The summed E-state index contributed by atoms with van der Waals surface area (Å²) < 4.78 is 5.18. The van der Waals surface area contributed by atoms with Gasteiger partial charge in [-0.25, -0.2) is 0 Å². The second-order valence-corrected chi connectivity index (χ2v) is 2.22. The van der Waals surface area contributed by atoms with E-state index in [4.69, 9.17) is 9.84 Å². The van der Waals surface area contributed by atoms with Crippen molar-refractivity contribution in [2.75, 3.05) is 13.2 Å². The maximum atomic E-state index is 8.51. The molecular formula is C7H16O2. The molecule has 0 fully saturated rings. The van der Waals surface area contributed by atoms with E-state index in [-0.39, 0.29) is 12.7 Å². The summed E-state index contributed by atoms with van der Waals surface area (Å²) in [7, 11) is 0. The summed E-state index contributed by atoms with van der Waals surface area (Å²) in [5.74, 6) is 0. The molecule has 0 radical (unpaired) electrons. The van der Waals surface area contributed by atoms with Crippen LogP contribution < -0.4 is 0 Å². The van der Waals surface area contributed by atoms with Gasteiger partial charge in [-0.05, 0) is 13.3 Å². The third kappa shape index (κ3) is 5.80. The van der Waals surface area contributed by atoms with Gasteiger partial charge in [0.2, 0.25) is 0 Å². The molecule has 0 amide bonds. The van der Waals surface area contributed by atoms with E-state index in [1.807, 2.05) is 6.92 Å². The van der Waals surface area contributed by atoms with Crippen LogP contribution in [0.1, 0.15) is 26.7 Å². The molecular weight excluding hydrogens is 116 g/mol. The van der Waals surface area contributed by atoms with Crippen LogP contribution in [-0.4, -0.2) is 24.4 Å². The zero-order valence-corrected chi connectivity index (χ0v) is 6.26. The normalized spacial score (nSPS) is 13.7. The van der Waals surface area contributed by atoms with Gasteiger partial charge in [0.25, 0.3) is 0 Å². The average molecular weight is 132 g/mol. The van der Waals surface area contributed by atoms with Crippen molar-refractivity contribution >= 4 is 0 Å². The Morgan fingerprint density at radius 1 is 1.56 bits per heavy atom. The minimum atomic E-state index is 0.0107. The molecule has 0 aromatic heterocycles. The molecule has 0 rings (SSSR count). The summed E-state index contributed by atoms with van der Waals surface area (Å²) >= 11 is 0. The number of ether oxygens (including phenoxy) is 1. The summed E-state index contributed by atoms with van der Waals surface area (Å²) in [6.07, 6.45) is 2.25. The molecule has 0 aliphatic rings. The van der Waals surface area contributed by atoms with E-state index < -0.39 is 0 Å². The van der Waals surface area contributed by atoms with Crippen molar-refractivity contribution < 1.29 is 9.84 Å². The Bertz CT molecular complexity index is 54.9. The van der Waals surface area contributed by atoms with Gasteiger partial charge in [0.1, 0.15) is 0 Å². The quantitative estimate of drug-likeness (QED) is 0.569. The summed E-state index contributed by atoms with van der Waals surface area (Å²) in [5.41, 5.74) is 0. The van der Waals surface area contributed by atoms with Gasteiger partial charge in [-0.3, -0.25) is 0 Å². The number of aliphatic hydroxyl groups is 1. The first kappa shape index (κ1) is 8.92. The summed E-state index contributed by atoms with van der Waals surface area (Å²) in [4.78, 5) is 0. The third-order valence-electron chi connectivity index (χ3n) is 1.16. The molecule has 0 aromatic rings. The second-order valence-electron chi connectivity index (χ2n) is 2.22. The molecule has 0 heterocycles. The predicted molar refractivity (Wildman–Crippen MR) is 37.4 cm³/mol. The monoisotopic (exact) mass is 132 g/mol. The first-order chi connectivity index (χ1) is 4.31. The molecule has 0 aliphatic carbocycles. The fraction of sp³-hybridized carbons (Fsp3) is 1.00. The third-order valence-corrected chi connectivity index (χ3v) is 1.16. The van der Waals surface area contributed by atoms with Crippen LogP contribution in [0.3, 0.4) is 0 Å². The Balaban J connectivity index is 2.88.